The molecule has 3 saturated heterocycles. The molecule has 7 nitrogen and oxygen atoms in total. The van der Waals surface area contributed by atoms with Crippen molar-refractivity contribution in [2.24, 2.45) is 11.8 Å². The number of hydrogen-bond acceptors (Lipinski definition) is 6. The first-order valence-electron chi connectivity index (χ1n) is 14.6. The minimum absolute atomic E-state index is 0.0193. The van der Waals surface area contributed by atoms with Crippen LogP contribution >= 0.6 is 11.8 Å². The Kier molecular flexibility index (Phi) is 11.3. The molecular formula is C30H48N2O5S. The molecule has 3 heterocycles. The van der Waals surface area contributed by atoms with Crippen LogP contribution in [-0.2, 0) is 19.1 Å². The summed E-state index contributed by atoms with van der Waals surface area (Å²) in [4.78, 5) is 45.5. The van der Waals surface area contributed by atoms with E-state index in [-0.39, 0.29) is 24.4 Å². The van der Waals surface area contributed by atoms with Crippen molar-refractivity contribution >= 4 is 29.5 Å². The number of likely N-dealkylation sites (tertiary alicyclic amines) is 1. The Hall–Kier alpha value is -1.80. The van der Waals surface area contributed by atoms with E-state index < -0.39 is 27.4 Å². The molecule has 5 atom stereocenters. The number of fused-ring (bicyclic) bond motifs is 1. The van der Waals surface area contributed by atoms with Crippen molar-refractivity contribution in [2.45, 2.75) is 100 Å². The molecule has 0 aromatic carbocycles. The van der Waals surface area contributed by atoms with Crippen molar-refractivity contribution < 1.29 is 24.2 Å². The van der Waals surface area contributed by atoms with Crippen molar-refractivity contribution in [3.05, 3.63) is 25.3 Å². The zero-order chi connectivity index (χ0) is 27.8. The summed E-state index contributed by atoms with van der Waals surface area (Å²) in [6, 6.07) is -0.590. The van der Waals surface area contributed by atoms with Crippen LogP contribution in [0.5, 0.6) is 0 Å². The van der Waals surface area contributed by atoms with Crippen LogP contribution in [0.25, 0.3) is 0 Å². The number of allylic oxidation sites excluding steroid dienone is 1. The smallest absolute Gasteiger partial charge is 0.311 e. The fourth-order valence-electron chi connectivity index (χ4n) is 6.70. The average Bonchev–Trinajstić information content (AvgIpc) is 3.46. The SMILES string of the molecule is C=CCCCCOC(=O)[C@H]1[C@H]2C(=O)N(CCCCCO)C(C(=O)N(CC=C)CCCCC)C23CC[C@]1(C)S3. The largest absolute Gasteiger partial charge is 0.465 e. The summed E-state index contributed by atoms with van der Waals surface area (Å²) >= 11 is 1.70. The molecule has 1 spiro atoms. The van der Waals surface area contributed by atoms with Crippen molar-refractivity contribution in [3.8, 4) is 0 Å². The predicted molar refractivity (Wildman–Crippen MR) is 153 cm³/mol. The van der Waals surface area contributed by atoms with Crippen molar-refractivity contribution in [1.29, 1.82) is 0 Å². The monoisotopic (exact) mass is 548 g/mol. The number of aliphatic hydroxyl groups excluding tert-OH is 1. The number of esters is 1. The highest BCUT2D eigenvalue weighted by molar-refractivity contribution is 8.02. The van der Waals surface area contributed by atoms with E-state index >= 15 is 0 Å². The molecule has 214 valence electrons. The first-order valence-corrected chi connectivity index (χ1v) is 15.4. The maximum absolute atomic E-state index is 14.3. The van der Waals surface area contributed by atoms with Gasteiger partial charge in [-0.25, -0.2) is 0 Å². The molecule has 0 aliphatic carbocycles. The van der Waals surface area contributed by atoms with Gasteiger partial charge >= 0.3 is 5.97 Å². The number of aliphatic hydroxyl groups is 1. The number of carbonyl (C=O) groups excluding carboxylic acids is 3. The third-order valence-corrected chi connectivity index (χ3v) is 10.5. The van der Waals surface area contributed by atoms with Gasteiger partial charge in [-0.2, -0.15) is 0 Å². The number of nitrogens with zero attached hydrogens (tertiary/aromatic N) is 2. The van der Waals surface area contributed by atoms with Crippen LogP contribution in [0, 0.1) is 11.8 Å². The summed E-state index contributed by atoms with van der Waals surface area (Å²) in [5.74, 6) is -1.48. The lowest BCUT2D eigenvalue weighted by Crippen LogP contribution is -2.55. The molecule has 3 aliphatic heterocycles. The molecule has 3 fully saturated rings. The number of unbranched alkanes of at least 4 members (excludes halogenated alkanes) is 6. The lowest BCUT2D eigenvalue weighted by Gasteiger charge is -2.37. The highest BCUT2D eigenvalue weighted by Crippen LogP contribution is 2.71. The van der Waals surface area contributed by atoms with Crippen LogP contribution < -0.4 is 0 Å². The average molecular weight is 549 g/mol. The summed E-state index contributed by atoms with van der Waals surface area (Å²) in [6.45, 7) is 13.8. The first kappa shape index (κ1) is 30.7. The summed E-state index contributed by atoms with van der Waals surface area (Å²) in [5, 5.41) is 9.23. The molecule has 2 bridgehead atoms. The zero-order valence-electron chi connectivity index (χ0n) is 23.5. The van der Waals surface area contributed by atoms with Crippen LogP contribution in [0.15, 0.2) is 25.3 Å². The van der Waals surface area contributed by atoms with Gasteiger partial charge in [-0.1, -0.05) is 31.9 Å². The number of hydrogen-bond donors (Lipinski definition) is 1. The van der Waals surface area contributed by atoms with Crippen LogP contribution in [0.4, 0.5) is 0 Å². The Balaban J connectivity index is 1.89. The Morgan fingerprint density at radius 2 is 1.92 bits per heavy atom. The molecule has 3 aliphatic rings. The Labute approximate surface area is 233 Å². The zero-order valence-corrected chi connectivity index (χ0v) is 24.3. The number of thioether (sulfide) groups is 1. The molecule has 2 amide bonds. The first-order chi connectivity index (χ1) is 18.3. The number of ether oxygens (including phenoxy) is 1. The summed E-state index contributed by atoms with van der Waals surface area (Å²) < 4.78 is 4.72. The Morgan fingerprint density at radius 3 is 2.61 bits per heavy atom. The summed E-state index contributed by atoms with van der Waals surface area (Å²) in [7, 11) is 0. The third kappa shape index (κ3) is 6.16. The van der Waals surface area contributed by atoms with Crippen molar-refractivity contribution in [1.82, 2.24) is 9.80 Å². The summed E-state index contributed by atoms with van der Waals surface area (Å²) in [6.07, 6.45) is 12.9. The second-order valence-electron chi connectivity index (χ2n) is 11.3. The highest BCUT2D eigenvalue weighted by Gasteiger charge is 2.77. The second-order valence-corrected chi connectivity index (χ2v) is 13.2. The van der Waals surface area contributed by atoms with Gasteiger partial charge in [0.1, 0.15) is 6.04 Å². The quantitative estimate of drug-likeness (QED) is 0.151. The van der Waals surface area contributed by atoms with Crippen LogP contribution in [0.1, 0.15) is 84.5 Å². The van der Waals surface area contributed by atoms with Crippen LogP contribution in [0.2, 0.25) is 0 Å². The normalized spacial score (nSPS) is 29.4. The molecule has 0 saturated carbocycles. The maximum Gasteiger partial charge on any atom is 0.311 e. The predicted octanol–water partition coefficient (Wildman–Crippen LogP) is 4.73. The number of carbonyl (C=O) groups is 3. The maximum atomic E-state index is 14.3. The van der Waals surface area contributed by atoms with Gasteiger partial charge in [-0.3, -0.25) is 14.4 Å². The van der Waals surface area contributed by atoms with E-state index in [9.17, 15) is 19.5 Å². The number of rotatable bonds is 18. The van der Waals surface area contributed by atoms with E-state index in [1.165, 1.54) is 0 Å². The molecule has 2 unspecified atom stereocenters. The van der Waals surface area contributed by atoms with Crippen LogP contribution in [-0.4, -0.2) is 81.1 Å². The van der Waals surface area contributed by atoms with Gasteiger partial charge in [0, 0.05) is 31.0 Å². The van der Waals surface area contributed by atoms with E-state index in [0.717, 1.165) is 64.2 Å². The molecule has 3 rings (SSSR count). The van der Waals surface area contributed by atoms with E-state index in [1.54, 1.807) is 22.7 Å². The molecule has 0 aromatic heterocycles. The van der Waals surface area contributed by atoms with E-state index in [2.05, 4.69) is 27.0 Å². The fraction of sp³-hybridized carbons (Fsp3) is 0.767. The fourth-order valence-corrected chi connectivity index (χ4v) is 9.04. The minimum Gasteiger partial charge on any atom is -0.465 e. The van der Waals surface area contributed by atoms with Crippen LogP contribution in [0.3, 0.4) is 0 Å². The lowest BCUT2D eigenvalue weighted by molar-refractivity contribution is -0.155. The molecule has 8 heteroatoms. The van der Waals surface area contributed by atoms with Crippen molar-refractivity contribution in [3.63, 3.8) is 0 Å². The van der Waals surface area contributed by atoms with Gasteiger partial charge in [0.2, 0.25) is 11.8 Å². The van der Waals surface area contributed by atoms with E-state index in [4.69, 9.17) is 4.74 Å². The lowest BCUT2D eigenvalue weighted by atomic mass is 9.66. The molecule has 0 radical (unpaired) electrons. The van der Waals surface area contributed by atoms with E-state index in [0.29, 0.717) is 32.7 Å². The molecule has 1 N–H and O–H groups in total. The third-order valence-electron chi connectivity index (χ3n) is 8.56. The van der Waals surface area contributed by atoms with Gasteiger partial charge in [0.05, 0.1) is 23.2 Å². The van der Waals surface area contributed by atoms with Gasteiger partial charge < -0.3 is 19.6 Å². The number of amides is 2. The minimum atomic E-state index is -0.614. The van der Waals surface area contributed by atoms with Gasteiger partial charge in [-0.05, 0) is 64.7 Å². The second kappa shape index (κ2) is 14.0. The Bertz CT molecular complexity index is 866. The topological polar surface area (TPSA) is 87.1 Å². The van der Waals surface area contributed by atoms with Crippen molar-refractivity contribution in [2.75, 3.05) is 32.8 Å². The standard InChI is InChI=1S/C30H48N2O5S/c1-5-8-10-15-22-37-28(36)24-23-26(34)32(20-13-11-14-21-33)25(30(23)17-16-29(24,4)38-30)27(35)31(18-7-3)19-12-9-6-2/h5,7,23-25,33H,1,3,6,8-22H2,2,4H3/t23-,24+,25?,29-,30?/m0/s1. The van der Waals surface area contributed by atoms with E-state index in [1.807, 2.05) is 11.0 Å². The van der Waals surface area contributed by atoms with Gasteiger partial charge in [0.15, 0.2) is 0 Å². The molecule has 0 aromatic rings. The van der Waals surface area contributed by atoms with Gasteiger partial charge in [-0.15, -0.1) is 24.9 Å². The Morgan fingerprint density at radius 1 is 1.13 bits per heavy atom. The molecular weight excluding hydrogens is 500 g/mol. The highest BCUT2D eigenvalue weighted by atomic mass is 32.2. The molecule has 38 heavy (non-hydrogen) atoms. The summed E-state index contributed by atoms with van der Waals surface area (Å²) in [5.41, 5.74) is 0. The van der Waals surface area contributed by atoms with Gasteiger partial charge in [0.25, 0.3) is 0 Å².